The van der Waals surface area contributed by atoms with Crippen molar-refractivity contribution in [3.05, 3.63) is 0 Å². The maximum atomic E-state index is 11.6. The van der Waals surface area contributed by atoms with Crippen LogP contribution in [-0.2, 0) is 4.79 Å². The lowest BCUT2D eigenvalue weighted by Crippen LogP contribution is -2.46. The molecule has 14 heavy (non-hydrogen) atoms. The average Bonchev–Trinajstić information content (AvgIpc) is 2.23. The summed E-state index contributed by atoms with van der Waals surface area (Å²) in [5.74, 6) is 0.0289. The third-order valence-corrected chi connectivity index (χ3v) is 2.24. The van der Waals surface area contributed by atoms with Crippen LogP contribution in [-0.4, -0.2) is 36.5 Å². The third-order valence-electron chi connectivity index (χ3n) is 2.24. The summed E-state index contributed by atoms with van der Waals surface area (Å²) in [5, 5.41) is 11.7. The Balaban J connectivity index is 4.14. The summed E-state index contributed by atoms with van der Waals surface area (Å²) in [4.78, 5) is 13.2. The van der Waals surface area contributed by atoms with Crippen LogP contribution in [0.1, 0.15) is 27.2 Å². The highest BCUT2D eigenvalue weighted by Gasteiger charge is 2.18. The highest BCUT2D eigenvalue weighted by molar-refractivity contribution is 5.81. The molecule has 0 rings (SSSR count). The molecule has 0 fully saturated rings. The number of amides is 1. The number of nitrogens with zero attached hydrogens (tertiary/aromatic N) is 2. The molecule has 2 atom stereocenters. The average molecular weight is 197 g/mol. The van der Waals surface area contributed by atoms with Crippen molar-refractivity contribution in [2.45, 2.75) is 39.3 Å². The highest BCUT2D eigenvalue weighted by Crippen LogP contribution is 1.96. The fourth-order valence-electron chi connectivity index (χ4n) is 1.11. The van der Waals surface area contributed by atoms with E-state index in [1.54, 1.807) is 18.9 Å². The molecule has 1 amide bonds. The van der Waals surface area contributed by atoms with Crippen molar-refractivity contribution in [1.82, 2.24) is 10.2 Å². The van der Waals surface area contributed by atoms with Gasteiger partial charge in [0, 0.05) is 13.6 Å². The van der Waals surface area contributed by atoms with Crippen molar-refractivity contribution in [2.24, 2.45) is 0 Å². The number of likely N-dealkylation sites (N-methyl/N-ethyl adjacent to an activating group) is 1. The Morgan fingerprint density at radius 1 is 1.57 bits per heavy atom. The molecule has 4 heteroatoms. The van der Waals surface area contributed by atoms with E-state index in [1.807, 2.05) is 13.8 Å². The van der Waals surface area contributed by atoms with Gasteiger partial charge < -0.3 is 4.90 Å². The normalized spacial score (nSPS) is 14.2. The SMILES string of the molecule is CCC(C#N)NC(C)C(=O)N(C)CC. The zero-order valence-corrected chi connectivity index (χ0v) is 9.37. The largest absolute Gasteiger partial charge is 0.345 e. The van der Waals surface area contributed by atoms with Crippen LogP contribution in [0, 0.1) is 11.3 Å². The van der Waals surface area contributed by atoms with E-state index >= 15 is 0 Å². The van der Waals surface area contributed by atoms with Crippen molar-refractivity contribution in [3.63, 3.8) is 0 Å². The Kier molecular flexibility index (Phi) is 5.89. The predicted octanol–water partition coefficient (Wildman–Crippen LogP) is 0.745. The first-order valence-corrected chi connectivity index (χ1v) is 4.97. The molecule has 0 heterocycles. The first-order chi connectivity index (χ1) is 6.56. The Bertz CT molecular complexity index is 222. The standard InChI is InChI=1S/C10H19N3O/c1-5-9(7-11)12-8(3)10(14)13(4)6-2/h8-9,12H,5-6H2,1-4H3. The smallest absolute Gasteiger partial charge is 0.239 e. The predicted molar refractivity (Wildman–Crippen MR) is 55.6 cm³/mol. The monoisotopic (exact) mass is 197 g/mol. The van der Waals surface area contributed by atoms with Gasteiger partial charge in [-0.3, -0.25) is 10.1 Å². The van der Waals surface area contributed by atoms with E-state index in [1.165, 1.54) is 0 Å². The Hall–Kier alpha value is -1.08. The number of carbonyl (C=O) groups excluding carboxylic acids is 1. The lowest BCUT2D eigenvalue weighted by molar-refractivity contribution is -0.131. The summed E-state index contributed by atoms with van der Waals surface area (Å²) in [5.41, 5.74) is 0. The van der Waals surface area contributed by atoms with E-state index < -0.39 is 0 Å². The van der Waals surface area contributed by atoms with Gasteiger partial charge in [0.25, 0.3) is 0 Å². The number of hydrogen-bond acceptors (Lipinski definition) is 3. The van der Waals surface area contributed by atoms with E-state index in [4.69, 9.17) is 5.26 Å². The van der Waals surface area contributed by atoms with Crippen LogP contribution in [0.5, 0.6) is 0 Å². The van der Waals surface area contributed by atoms with E-state index in [0.717, 1.165) is 0 Å². The van der Waals surface area contributed by atoms with Gasteiger partial charge in [-0.15, -0.1) is 0 Å². The van der Waals surface area contributed by atoms with Crippen LogP contribution in [0.15, 0.2) is 0 Å². The fourth-order valence-corrected chi connectivity index (χ4v) is 1.11. The molecule has 0 saturated heterocycles. The molecule has 0 aromatic heterocycles. The lowest BCUT2D eigenvalue weighted by atomic mass is 10.2. The van der Waals surface area contributed by atoms with Crippen LogP contribution < -0.4 is 5.32 Å². The molecular weight excluding hydrogens is 178 g/mol. The van der Waals surface area contributed by atoms with E-state index in [-0.39, 0.29) is 18.0 Å². The highest BCUT2D eigenvalue weighted by atomic mass is 16.2. The lowest BCUT2D eigenvalue weighted by Gasteiger charge is -2.22. The van der Waals surface area contributed by atoms with E-state index in [9.17, 15) is 4.79 Å². The minimum absolute atomic E-state index is 0.0289. The molecule has 4 nitrogen and oxygen atoms in total. The minimum atomic E-state index is -0.287. The molecule has 0 bridgehead atoms. The summed E-state index contributed by atoms with van der Waals surface area (Å²) in [6.07, 6.45) is 0.712. The maximum Gasteiger partial charge on any atom is 0.239 e. The van der Waals surface area contributed by atoms with Crippen LogP contribution in [0.3, 0.4) is 0 Å². The molecule has 0 aliphatic rings. The van der Waals surface area contributed by atoms with Gasteiger partial charge in [0.2, 0.25) is 5.91 Å². The summed E-state index contributed by atoms with van der Waals surface area (Å²) in [7, 11) is 1.76. The van der Waals surface area contributed by atoms with Gasteiger partial charge in [-0.2, -0.15) is 5.26 Å². The molecule has 0 aliphatic carbocycles. The molecule has 0 saturated carbocycles. The molecular formula is C10H19N3O. The van der Waals surface area contributed by atoms with Crippen molar-refractivity contribution < 1.29 is 4.79 Å². The third kappa shape index (κ3) is 3.75. The molecule has 0 aromatic rings. The first kappa shape index (κ1) is 12.9. The van der Waals surface area contributed by atoms with Crippen LogP contribution in [0.25, 0.3) is 0 Å². The van der Waals surface area contributed by atoms with Gasteiger partial charge in [0.1, 0.15) is 0 Å². The summed E-state index contributed by atoms with van der Waals surface area (Å²) >= 11 is 0. The van der Waals surface area contributed by atoms with E-state index in [2.05, 4.69) is 11.4 Å². The van der Waals surface area contributed by atoms with Gasteiger partial charge in [-0.05, 0) is 20.3 Å². The van der Waals surface area contributed by atoms with Gasteiger partial charge in [-0.1, -0.05) is 6.92 Å². The first-order valence-electron chi connectivity index (χ1n) is 4.97. The molecule has 0 radical (unpaired) electrons. The van der Waals surface area contributed by atoms with Gasteiger partial charge in [0.05, 0.1) is 18.2 Å². The number of carbonyl (C=O) groups is 1. The van der Waals surface area contributed by atoms with Gasteiger partial charge in [0.15, 0.2) is 0 Å². The van der Waals surface area contributed by atoms with Crippen molar-refractivity contribution >= 4 is 5.91 Å². The Morgan fingerprint density at radius 3 is 2.50 bits per heavy atom. The Morgan fingerprint density at radius 2 is 2.14 bits per heavy atom. The quantitative estimate of drug-likeness (QED) is 0.707. The summed E-state index contributed by atoms with van der Waals surface area (Å²) in [6, 6.07) is 1.59. The molecule has 0 spiro atoms. The number of nitriles is 1. The minimum Gasteiger partial charge on any atom is -0.345 e. The number of hydrogen-bond donors (Lipinski definition) is 1. The zero-order valence-electron chi connectivity index (χ0n) is 9.37. The molecule has 0 aromatic carbocycles. The second-order valence-corrected chi connectivity index (χ2v) is 3.33. The van der Waals surface area contributed by atoms with Gasteiger partial charge in [-0.25, -0.2) is 0 Å². The molecule has 2 unspecified atom stereocenters. The zero-order chi connectivity index (χ0) is 11.1. The fraction of sp³-hybridized carbons (Fsp3) is 0.800. The maximum absolute atomic E-state index is 11.6. The second-order valence-electron chi connectivity index (χ2n) is 3.33. The topological polar surface area (TPSA) is 56.1 Å². The van der Waals surface area contributed by atoms with Gasteiger partial charge >= 0.3 is 0 Å². The van der Waals surface area contributed by atoms with Crippen molar-refractivity contribution in [1.29, 1.82) is 5.26 Å². The van der Waals surface area contributed by atoms with Crippen LogP contribution >= 0.6 is 0 Å². The second kappa shape index (κ2) is 6.39. The molecule has 1 N–H and O–H groups in total. The molecule has 0 aliphatic heterocycles. The summed E-state index contributed by atoms with van der Waals surface area (Å²) in [6.45, 7) is 6.32. The van der Waals surface area contributed by atoms with Crippen molar-refractivity contribution in [3.8, 4) is 6.07 Å². The Labute approximate surface area is 85.9 Å². The summed E-state index contributed by atoms with van der Waals surface area (Å²) < 4.78 is 0. The molecule has 80 valence electrons. The van der Waals surface area contributed by atoms with Crippen LogP contribution in [0.2, 0.25) is 0 Å². The number of rotatable bonds is 5. The van der Waals surface area contributed by atoms with Crippen molar-refractivity contribution in [2.75, 3.05) is 13.6 Å². The number of nitrogens with one attached hydrogen (secondary N) is 1. The van der Waals surface area contributed by atoms with Crippen LogP contribution in [0.4, 0.5) is 0 Å². The van der Waals surface area contributed by atoms with E-state index in [0.29, 0.717) is 13.0 Å².